The molecule has 0 spiro atoms. The fraction of sp³-hybridized carbons (Fsp3) is 0.200. The normalized spacial score (nSPS) is 10.3. The van der Waals surface area contributed by atoms with Crippen LogP contribution in [0.5, 0.6) is 0 Å². The van der Waals surface area contributed by atoms with Crippen LogP contribution in [0.25, 0.3) is 0 Å². The Bertz CT molecular complexity index is 629. The van der Waals surface area contributed by atoms with Gasteiger partial charge in [0.25, 0.3) is 0 Å². The number of nitrogens with zero attached hydrogens (tertiary/aromatic N) is 1. The molecule has 0 radical (unpaired) electrons. The van der Waals surface area contributed by atoms with Gasteiger partial charge in [0.1, 0.15) is 5.82 Å². The molecule has 1 aromatic carbocycles. The average Bonchev–Trinajstić information content (AvgIpc) is 2.40. The molecule has 0 fully saturated rings. The van der Waals surface area contributed by atoms with E-state index in [1.54, 1.807) is 6.07 Å². The van der Waals surface area contributed by atoms with E-state index in [1.165, 1.54) is 17.2 Å². The van der Waals surface area contributed by atoms with Crippen LogP contribution < -0.4 is 5.32 Å². The van der Waals surface area contributed by atoms with Crippen molar-refractivity contribution in [1.82, 2.24) is 4.98 Å². The number of rotatable bonds is 5. The second-order valence-corrected chi connectivity index (χ2v) is 4.91. The Labute approximate surface area is 122 Å². The topological polar surface area (TPSA) is 62.2 Å². The van der Waals surface area contributed by atoms with E-state index < -0.39 is 5.97 Å². The third-order valence-electron chi connectivity index (χ3n) is 2.85. The summed E-state index contributed by atoms with van der Waals surface area (Å²) in [6.07, 6.45) is 0.842. The minimum atomic E-state index is -1.13. The molecular weight excluding hydrogens is 276 g/mol. The first kappa shape index (κ1) is 14.3. The van der Waals surface area contributed by atoms with E-state index in [1.807, 2.05) is 6.07 Å². The fourth-order valence-electron chi connectivity index (χ4n) is 1.89. The van der Waals surface area contributed by atoms with Gasteiger partial charge in [-0.1, -0.05) is 41.4 Å². The number of carboxylic acid groups (broad SMARTS) is 1. The number of hydrogen-bond acceptors (Lipinski definition) is 3. The van der Waals surface area contributed by atoms with Crippen LogP contribution in [-0.4, -0.2) is 22.6 Å². The van der Waals surface area contributed by atoms with Crippen LogP contribution in [0, 0.1) is 6.92 Å². The third kappa shape index (κ3) is 3.71. The van der Waals surface area contributed by atoms with Gasteiger partial charge in [-0.2, -0.15) is 0 Å². The summed E-state index contributed by atoms with van der Waals surface area (Å²) in [5.41, 5.74) is 2.32. The van der Waals surface area contributed by atoms with Gasteiger partial charge in [0, 0.05) is 6.54 Å². The molecular formula is C15H15ClN2O2. The maximum Gasteiger partial charge on any atom is 0.356 e. The highest BCUT2D eigenvalue weighted by molar-refractivity contribution is 6.33. The molecule has 0 atom stereocenters. The van der Waals surface area contributed by atoms with E-state index in [4.69, 9.17) is 16.7 Å². The lowest BCUT2D eigenvalue weighted by atomic mass is 10.1. The summed E-state index contributed by atoms with van der Waals surface area (Å²) in [6.45, 7) is 2.73. The number of benzene rings is 1. The first-order valence-electron chi connectivity index (χ1n) is 6.25. The molecule has 1 heterocycles. The predicted molar refractivity (Wildman–Crippen MR) is 79.6 cm³/mol. The summed E-state index contributed by atoms with van der Waals surface area (Å²) in [6, 6.07) is 11.5. The molecule has 104 valence electrons. The summed E-state index contributed by atoms with van der Waals surface area (Å²) in [5, 5.41) is 12.2. The first-order chi connectivity index (χ1) is 9.56. The second kappa shape index (κ2) is 6.39. The number of nitrogens with one attached hydrogen (secondary N) is 1. The fourth-order valence-corrected chi connectivity index (χ4v) is 2.08. The van der Waals surface area contributed by atoms with Gasteiger partial charge in [-0.05, 0) is 31.0 Å². The van der Waals surface area contributed by atoms with E-state index in [9.17, 15) is 4.79 Å². The van der Waals surface area contributed by atoms with Crippen molar-refractivity contribution < 1.29 is 9.90 Å². The number of anilines is 1. The van der Waals surface area contributed by atoms with Crippen molar-refractivity contribution in [3.8, 4) is 0 Å². The molecule has 4 nitrogen and oxygen atoms in total. The van der Waals surface area contributed by atoms with Gasteiger partial charge in [-0.3, -0.25) is 0 Å². The van der Waals surface area contributed by atoms with Crippen LogP contribution in [0.15, 0.2) is 36.4 Å². The van der Waals surface area contributed by atoms with Gasteiger partial charge < -0.3 is 10.4 Å². The van der Waals surface area contributed by atoms with E-state index in [0.29, 0.717) is 12.4 Å². The summed E-state index contributed by atoms with van der Waals surface area (Å²) in [5.74, 6) is -0.614. The maximum absolute atomic E-state index is 10.9. The van der Waals surface area contributed by atoms with E-state index in [0.717, 1.165) is 6.42 Å². The Hall–Kier alpha value is -2.07. The van der Waals surface area contributed by atoms with E-state index >= 15 is 0 Å². The molecule has 5 heteroatoms. The number of aromatic carboxylic acids is 1. The van der Waals surface area contributed by atoms with Crippen molar-refractivity contribution in [2.45, 2.75) is 13.3 Å². The Kier molecular flexibility index (Phi) is 4.58. The number of carboxylic acids is 1. The molecule has 0 amide bonds. The van der Waals surface area contributed by atoms with Crippen LogP contribution in [-0.2, 0) is 6.42 Å². The van der Waals surface area contributed by atoms with Crippen LogP contribution >= 0.6 is 11.6 Å². The van der Waals surface area contributed by atoms with Crippen LogP contribution in [0.2, 0.25) is 5.02 Å². The highest BCUT2D eigenvalue weighted by atomic mass is 35.5. The first-order valence-corrected chi connectivity index (χ1v) is 6.63. The lowest BCUT2D eigenvalue weighted by Gasteiger charge is -2.07. The molecule has 0 aliphatic carbocycles. The maximum atomic E-state index is 10.9. The number of carbonyl (C=O) groups is 1. The molecule has 0 saturated heterocycles. The summed E-state index contributed by atoms with van der Waals surface area (Å²) >= 11 is 5.77. The third-order valence-corrected chi connectivity index (χ3v) is 3.16. The van der Waals surface area contributed by atoms with Crippen molar-refractivity contribution in [2.24, 2.45) is 0 Å². The highest BCUT2D eigenvalue weighted by Gasteiger charge is 2.11. The molecule has 2 aromatic rings. The van der Waals surface area contributed by atoms with Gasteiger partial charge in [0.2, 0.25) is 0 Å². The van der Waals surface area contributed by atoms with Crippen LogP contribution in [0.3, 0.4) is 0 Å². The number of aryl methyl sites for hydroxylation is 1. The van der Waals surface area contributed by atoms with Gasteiger partial charge in [0.05, 0.1) is 5.02 Å². The minimum absolute atomic E-state index is 0.132. The number of pyridine rings is 1. The van der Waals surface area contributed by atoms with Crippen molar-refractivity contribution in [3.05, 3.63) is 58.2 Å². The number of halogens is 1. The Morgan fingerprint density at radius 1 is 1.35 bits per heavy atom. The van der Waals surface area contributed by atoms with Gasteiger partial charge >= 0.3 is 5.97 Å². The zero-order chi connectivity index (χ0) is 14.5. The van der Waals surface area contributed by atoms with Gasteiger partial charge in [-0.15, -0.1) is 0 Å². The predicted octanol–water partition coefficient (Wildman–Crippen LogP) is 3.40. The van der Waals surface area contributed by atoms with E-state index in [2.05, 4.69) is 35.4 Å². The molecule has 20 heavy (non-hydrogen) atoms. The summed E-state index contributed by atoms with van der Waals surface area (Å²) in [7, 11) is 0. The summed E-state index contributed by atoms with van der Waals surface area (Å²) < 4.78 is 0. The standard InChI is InChI=1S/C15H15ClN2O2/c1-10-3-2-4-11(9-10)7-8-17-13-6-5-12(16)14(18-13)15(19)20/h2-6,9H,7-8H2,1H3,(H,17,18)(H,19,20). The average molecular weight is 291 g/mol. The van der Waals surface area contributed by atoms with Crippen molar-refractivity contribution >= 4 is 23.4 Å². The van der Waals surface area contributed by atoms with Crippen LogP contribution in [0.1, 0.15) is 21.6 Å². The van der Waals surface area contributed by atoms with Gasteiger partial charge in [-0.25, -0.2) is 9.78 Å². The largest absolute Gasteiger partial charge is 0.476 e. The van der Waals surface area contributed by atoms with Crippen LogP contribution in [0.4, 0.5) is 5.82 Å². The van der Waals surface area contributed by atoms with Gasteiger partial charge in [0.15, 0.2) is 5.69 Å². The SMILES string of the molecule is Cc1cccc(CCNc2ccc(Cl)c(C(=O)O)n2)c1. The molecule has 0 aliphatic heterocycles. The monoisotopic (exact) mass is 290 g/mol. The summed E-state index contributed by atoms with van der Waals surface area (Å²) in [4.78, 5) is 14.9. The van der Waals surface area contributed by atoms with Crippen molar-refractivity contribution in [2.75, 3.05) is 11.9 Å². The minimum Gasteiger partial charge on any atom is -0.476 e. The molecule has 0 unspecified atom stereocenters. The Balaban J connectivity index is 1.97. The highest BCUT2D eigenvalue weighted by Crippen LogP contribution is 2.16. The Morgan fingerprint density at radius 3 is 2.85 bits per heavy atom. The van der Waals surface area contributed by atoms with Crippen molar-refractivity contribution in [1.29, 1.82) is 0 Å². The van der Waals surface area contributed by atoms with Crippen molar-refractivity contribution in [3.63, 3.8) is 0 Å². The molecule has 0 bridgehead atoms. The van der Waals surface area contributed by atoms with E-state index in [-0.39, 0.29) is 10.7 Å². The smallest absolute Gasteiger partial charge is 0.356 e. The lowest BCUT2D eigenvalue weighted by Crippen LogP contribution is -2.09. The Morgan fingerprint density at radius 2 is 2.15 bits per heavy atom. The lowest BCUT2D eigenvalue weighted by molar-refractivity contribution is 0.0691. The molecule has 0 aliphatic rings. The zero-order valence-corrected chi connectivity index (χ0v) is 11.8. The quantitative estimate of drug-likeness (QED) is 0.886. The molecule has 0 saturated carbocycles. The molecule has 2 rings (SSSR count). The molecule has 1 aromatic heterocycles. The second-order valence-electron chi connectivity index (χ2n) is 4.50. The zero-order valence-electron chi connectivity index (χ0n) is 11.1. The molecule has 2 N–H and O–H groups in total. The number of aromatic nitrogens is 1. The number of hydrogen-bond donors (Lipinski definition) is 2.